The molecule has 0 fully saturated rings. The van der Waals surface area contributed by atoms with E-state index in [1.165, 1.54) is 11.9 Å². The summed E-state index contributed by atoms with van der Waals surface area (Å²) in [6.07, 6.45) is 0. The third-order valence-electron chi connectivity index (χ3n) is 2.41. The van der Waals surface area contributed by atoms with E-state index in [4.69, 9.17) is 5.73 Å². The number of aromatic nitrogens is 2. The number of hydrogen-bond donors (Lipinski definition) is 2. The Morgan fingerprint density at radius 1 is 1.53 bits per heavy atom. The normalized spacial score (nSPS) is 11.1. The zero-order valence-electron chi connectivity index (χ0n) is 10.7. The lowest BCUT2D eigenvalue weighted by atomic mass is 10.4. The fourth-order valence-electron chi connectivity index (χ4n) is 1.30. The number of nitrogens with zero attached hydrogens (tertiary/aromatic N) is 3. The monoisotopic (exact) mass is 289 g/mol. The highest BCUT2D eigenvalue weighted by Crippen LogP contribution is 2.11. The van der Waals surface area contributed by atoms with Gasteiger partial charge in [0.1, 0.15) is 5.69 Å². The standard InChI is InChI=1S/C9H15N5O4S/c1-4-13(2)8(15)6-5-7(11-14(6)3)19(17,18)12-9(10)16/h5H,4H2,1-3H3,(H3,10,12,16). The van der Waals surface area contributed by atoms with Crippen LogP contribution < -0.4 is 10.5 Å². The number of nitrogens with one attached hydrogen (secondary N) is 1. The second kappa shape index (κ2) is 5.26. The van der Waals surface area contributed by atoms with Gasteiger partial charge in [0.25, 0.3) is 15.9 Å². The fourth-order valence-corrected chi connectivity index (χ4v) is 2.16. The minimum Gasteiger partial charge on any atom is -0.351 e. The lowest BCUT2D eigenvalue weighted by Gasteiger charge is -2.13. The molecule has 0 aliphatic rings. The summed E-state index contributed by atoms with van der Waals surface area (Å²) in [4.78, 5) is 23.9. The van der Waals surface area contributed by atoms with E-state index in [1.54, 1.807) is 18.7 Å². The maximum atomic E-state index is 11.9. The van der Waals surface area contributed by atoms with Crippen molar-refractivity contribution in [1.29, 1.82) is 0 Å². The van der Waals surface area contributed by atoms with Gasteiger partial charge >= 0.3 is 6.03 Å². The van der Waals surface area contributed by atoms with Gasteiger partial charge in [-0.1, -0.05) is 0 Å². The first kappa shape index (κ1) is 15.0. The number of aryl methyl sites for hydroxylation is 1. The minimum absolute atomic E-state index is 0.0918. The van der Waals surface area contributed by atoms with Crippen LogP contribution in [0.3, 0.4) is 0 Å². The highest BCUT2D eigenvalue weighted by atomic mass is 32.2. The molecule has 1 aromatic heterocycles. The average molecular weight is 289 g/mol. The van der Waals surface area contributed by atoms with E-state index in [2.05, 4.69) is 5.10 Å². The Morgan fingerprint density at radius 3 is 2.58 bits per heavy atom. The molecule has 3 N–H and O–H groups in total. The van der Waals surface area contributed by atoms with Crippen LogP contribution in [0.4, 0.5) is 4.79 Å². The van der Waals surface area contributed by atoms with Gasteiger partial charge in [0.15, 0.2) is 5.03 Å². The van der Waals surface area contributed by atoms with Crippen LogP contribution in [0.2, 0.25) is 0 Å². The van der Waals surface area contributed by atoms with Gasteiger partial charge in [-0.05, 0) is 6.92 Å². The van der Waals surface area contributed by atoms with Gasteiger partial charge in [-0.15, -0.1) is 0 Å². The van der Waals surface area contributed by atoms with Gasteiger partial charge in [0.2, 0.25) is 0 Å². The Morgan fingerprint density at radius 2 is 2.11 bits per heavy atom. The summed E-state index contributed by atoms with van der Waals surface area (Å²) in [6.45, 7) is 2.24. The molecule has 9 nitrogen and oxygen atoms in total. The van der Waals surface area contributed by atoms with Crippen LogP contribution in [0, 0.1) is 0 Å². The summed E-state index contributed by atoms with van der Waals surface area (Å²) < 4.78 is 26.0. The van der Waals surface area contributed by atoms with Crippen molar-refractivity contribution >= 4 is 22.0 Å². The number of rotatable bonds is 4. The molecular weight excluding hydrogens is 274 g/mol. The summed E-state index contributed by atoms with van der Waals surface area (Å²) in [5.41, 5.74) is 4.84. The molecule has 0 spiro atoms. The van der Waals surface area contributed by atoms with Crippen LogP contribution in [-0.2, 0) is 17.1 Å². The van der Waals surface area contributed by atoms with Crippen molar-refractivity contribution in [1.82, 2.24) is 19.4 Å². The maximum Gasteiger partial charge on any atom is 0.326 e. The van der Waals surface area contributed by atoms with Crippen molar-refractivity contribution in [3.63, 3.8) is 0 Å². The Bertz CT molecular complexity index is 606. The molecule has 0 saturated heterocycles. The molecule has 0 radical (unpaired) electrons. The predicted molar refractivity (Wildman–Crippen MR) is 65.7 cm³/mol. The number of carbonyl (C=O) groups is 2. The minimum atomic E-state index is -4.15. The van der Waals surface area contributed by atoms with Gasteiger partial charge in [-0.2, -0.15) is 13.5 Å². The second-order valence-electron chi connectivity index (χ2n) is 3.78. The van der Waals surface area contributed by atoms with Crippen LogP contribution in [0.15, 0.2) is 11.1 Å². The third-order valence-corrected chi connectivity index (χ3v) is 3.63. The number of carbonyl (C=O) groups excluding carboxylic acids is 2. The summed E-state index contributed by atoms with van der Waals surface area (Å²) in [5, 5.41) is 3.24. The predicted octanol–water partition coefficient (Wildman–Crippen LogP) is -1.13. The summed E-state index contributed by atoms with van der Waals surface area (Å²) in [6, 6.07) is -0.135. The van der Waals surface area contributed by atoms with Crippen molar-refractivity contribution < 1.29 is 18.0 Å². The van der Waals surface area contributed by atoms with Crippen molar-refractivity contribution in [3.8, 4) is 0 Å². The van der Waals surface area contributed by atoms with Gasteiger partial charge in [0, 0.05) is 26.7 Å². The molecule has 3 amide bonds. The molecule has 0 bridgehead atoms. The fraction of sp³-hybridized carbons (Fsp3) is 0.444. The van der Waals surface area contributed by atoms with E-state index in [1.807, 2.05) is 0 Å². The highest BCUT2D eigenvalue weighted by Gasteiger charge is 2.24. The van der Waals surface area contributed by atoms with Gasteiger partial charge in [-0.3, -0.25) is 9.48 Å². The molecule has 19 heavy (non-hydrogen) atoms. The van der Waals surface area contributed by atoms with Gasteiger partial charge < -0.3 is 10.6 Å². The molecule has 1 rings (SSSR count). The Balaban J connectivity index is 3.17. The number of urea groups is 1. The van der Waals surface area contributed by atoms with Crippen LogP contribution >= 0.6 is 0 Å². The third kappa shape index (κ3) is 3.22. The van der Waals surface area contributed by atoms with Crippen LogP contribution in [0.25, 0.3) is 0 Å². The Kier molecular flexibility index (Phi) is 4.14. The zero-order chi connectivity index (χ0) is 14.8. The van der Waals surface area contributed by atoms with Crippen LogP contribution in [0.1, 0.15) is 17.4 Å². The Labute approximate surface area is 110 Å². The number of primary amides is 1. The summed E-state index contributed by atoms with van der Waals surface area (Å²) >= 11 is 0. The van der Waals surface area contributed by atoms with E-state index in [9.17, 15) is 18.0 Å². The molecule has 0 saturated carbocycles. The van der Waals surface area contributed by atoms with Crippen molar-refractivity contribution in [2.45, 2.75) is 11.9 Å². The molecule has 0 aliphatic heterocycles. The lowest BCUT2D eigenvalue weighted by Crippen LogP contribution is -2.35. The SMILES string of the molecule is CCN(C)C(=O)c1cc(S(=O)(=O)NC(N)=O)nn1C. The number of hydrogen-bond acceptors (Lipinski definition) is 5. The molecule has 0 aliphatic carbocycles. The van der Waals surface area contributed by atoms with Crippen molar-refractivity contribution in [2.75, 3.05) is 13.6 Å². The molecule has 10 heteroatoms. The molecule has 106 valence electrons. The topological polar surface area (TPSA) is 127 Å². The first-order valence-electron chi connectivity index (χ1n) is 5.30. The lowest BCUT2D eigenvalue weighted by molar-refractivity contribution is 0.0791. The molecule has 0 aromatic carbocycles. The van der Waals surface area contributed by atoms with E-state index in [-0.39, 0.29) is 11.6 Å². The zero-order valence-corrected chi connectivity index (χ0v) is 11.6. The van der Waals surface area contributed by atoms with E-state index in [0.29, 0.717) is 6.54 Å². The van der Waals surface area contributed by atoms with E-state index < -0.39 is 21.1 Å². The van der Waals surface area contributed by atoms with Crippen LogP contribution in [-0.4, -0.2) is 48.6 Å². The first-order chi connectivity index (χ1) is 8.69. The van der Waals surface area contributed by atoms with Gasteiger partial charge in [0.05, 0.1) is 0 Å². The maximum absolute atomic E-state index is 11.9. The summed E-state index contributed by atoms with van der Waals surface area (Å²) in [5.74, 6) is -0.377. The quantitative estimate of drug-likeness (QED) is 0.725. The highest BCUT2D eigenvalue weighted by molar-refractivity contribution is 7.90. The average Bonchev–Trinajstić information content (AvgIpc) is 2.68. The number of nitrogens with two attached hydrogens (primary N) is 1. The first-order valence-corrected chi connectivity index (χ1v) is 6.79. The van der Waals surface area contributed by atoms with E-state index in [0.717, 1.165) is 10.7 Å². The second-order valence-corrected chi connectivity index (χ2v) is 5.41. The summed E-state index contributed by atoms with van der Waals surface area (Å²) in [7, 11) is -1.15. The largest absolute Gasteiger partial charge is 0.351 e. The van der Waals surface area contributed by atoms with E-state index >= 15 is 0 Å². The Hall–Kier alpha value is -2.10. The molecule has 0 atom stereocenters. The molecule has 0 unspecified atom stereocenters. The van der Waals surface area contributed by atoms with Gasteiger partial charge in [-0.25, -0.2) is 9.52 Å². The van der Waals surface area contributed by atoms with Crippen LogP contribution in [0.5, 0.6) is 0 Å². The number of sulfonamides is 1. The molecular formula is C9H15N5O4S. The number of amides is 3. The molecule has 1 aromatic rings. The smallest absolute Gasteiger partial charge is 0.326 e. The van der Waals surface area contributed by atoms with Crippen molar-refractivity contribution in [3.05, 3.63) is 11.8 Å². The molecule has 1 heterocycles. The van der Waals surface area contributed by atoms with Crippen molar-refractivity contribution in [2.24, 2.45) is 12.8 Å².